The van der Waals surface area contributed by atoms with Crippen LogP contribution in [0.5, 0.6) is 0 Å². The quantitative estimate of drug-likeness (QED) is 0.780. The van der Waals surface area contributed by atoms with Crippen LogP contribution in [0.1, 0.15) is 5.56 Å². The van der Waals surface area contributed by atoms with Crippen molar-refractivity contribution in [3.8, 4) is 0 Å². The third kappa shape index (κ3) is 4.46. The Labute approximate surface area is 130 Å². The van der Waals surface area contributed by atoms with Crippen molar-refractivity contribution in [2.24, 2.45) is 0 Å². The predicted molar refractivity (Wildman–Crippen MR) is 85.9 cm³/mol. The molecule has 6 heteroatoms. The van der Waals surface area contributed by atoms with Gasteiger partial charge in [0.1, 0.15) is 5.82 Å². The lowest BCUT2D eigenvalue weighted by atomic mass is 10.2. The van der Waals surface area contributed by atoms with Gasteiger partial charge < -0.3 is 16.0 Å². The molecule has 0 heterocycles. The largest absolute Gasteiger partial charge is 0.381 e. The number of rotatable bonds is 4. The first-order valence-corrected chi connectivity index (χ1v) is 7.14. The first-order chi connectivity index (χ1) is 10.1. The minimum absolute atomic E-state index is 0.264. The summed E-state index contributed by atoms with van der Waals surface area (Å²) in [5.41, 5.74) is 2.42. The summed E-state index contributed by atoms with van der Waals surface area (Å²) in [7, 11) is 1.56. The van der Waals surface area contributed by atoms with Gasteiger partial charge in [-0.2, -0.15) is 0 Å². The number of carbonyl (C=O) groups is 1. The second kappa shape index (κ2) is 7.08. The van der Waals surface area contributed by atoms with Gasteiger partial charge in [-0.05, 0) is 48.0 Å². The van der Waals surface area contributed by atoms with Crippen LogP contribution in [0.2, 0.25) is 0 Å². The third-order valence-corrected chi connectivity index (χ3v) is 3.63. The molecule has 0 saturated carbocycles. The van der Waals surface area contributed by atoms with E-state index in [1.807, 2.05) is 12.1 Å². The Kier molecular flexibility index (Phi) is 5.16. The molecule has 0 aliphatic rings. The van der Waals surface area contributed by atoms with E-state index in [-0.39, 0.29) is 11.8 Å². The molecular formula is C15H15BrFN3O. The van der Waals surface area contributed by atoms with Crippen LogP contribution in [0.3, 0.4) is 0 Å². The molecule has 0 radical (unpaired) electrons. The second-order valence-electron chi connectivity index (χ2n) is 4.37. The van der Waals surface area contributed by atoms with Crippen LogP contribution in [0, 0.1) is 5.82 Å². The Morgan fingerprint density at radius 2 is 1.81 bits per heavy atom. The third-order valence-electron chi connectivity index (χ3n) is 2.86. The van der Waals surface area contributed by atoms with Crippen LogP contribution in [0.25, 0.3) is 0 Å². The van der Waals surface area contributed by atoms with Crippen molar-refractivity contribution < 1.29 is 9.18 Å². The molecule has 4 nitrogen and oxygen atoms in total. The van der Waals surface area contributed by atoms with Crippen molar-refractivity contribution in [1.29, 1.82) is 0 Å². The molecule has 0 aliphatic heterocycles. The van der Waals surface area contributed by atoms with E-state index in [0.29, 0.717) is 12.2 Å². The Morgan fingerprint density at radius 3 is 2.48 bits per heavy atom. The predicted octanol–water partition coefficient (Wildman–Crippen LogP) is 3.95. The molecule has 0 spiro atoms. The molecule has 2 amide bonds. The lowest BCUT2D eigenvalue weighted by molar-refractivity contribution is 0.254. The molecule has 0 saturated heterocycles. The Hall–Kier alpha value is -2.08. The first kappa shape index (κ1) is 15.3. The number of amides is 2. The van der Waals surface area contributed by atoms with E-state index in [1.165, 1.54) is 12.1 Å². The van der Waals surface area contributed by atoms with Gasteiger partial charge in [-0.15, -0.1) is 0 Å². The summed E-state index contributed by atoms with van der Waals surface area (Å²) in [6, 6.07) is 11.6. The van der Waals surface area contributed by atoms with E-state index in [4.69, 9.17) is 0 Å². The van der Waals surface area contributed by atoms with Gasteiger partial charge in [-0.25, -0.2) is 9.18 Å². The summed E-state index contributed by atoms with van der Waals surface area (Å²) >= 11 is 3.39. The highest BCUT2D eigenvalue weighted by atomic mass is 79.9. The van der Waals surface area contributed by atoms with Crippen LogP contribution in [0.4, 0.5) is 20.6 Å². The molecule has 0 unspecified atom stereocenters. The SMILES string of the molecule is CNC(=O)Nc1ccc(NCc2cc(F)ccc2Br)cc1. The maximum atomic E-state index is 13.2. The van der Waals surface area contributed by atoms with Crippen molar-refractivity contribution in [3.63, 3.8) is 0 Å². The van der Waals surface area contributed by atoms with E-state index in [2.05, 4.69) is 31.9 Å². The minimum atomic E-state index is -0.264. The fourth-order valence-electron chi connectivity index (χ4n) is 1.74. The molecule has 2 aromatic rings. The van der Waals surface area contributed by atoms with Gasteiger partial charge in [0.05, 0.1) is 0 Å². The number of anilines is 2. The van der Waals surface area contributed by atoms with Crippen molar-refractivity contribution in [2.75, 3.05) is 17.7 Å². The summed E-state index contributed by atoms with van der Waals surface area (Å²) < 4.78 is 14.0. The van der Waals surface area contributed by atoms with E-state index < -0.39 is 0 Å². The van der Waals surface area contributed by atoms with Gasteiger partial charge >= 0.3 is 6.03 Å². The van der Waals surface area contributed by atoms with Gasteiger partial charge in [-0.3, -0.25) is 0 Å². The van der Waals surface area contributed by atoms with Crippen molar-refractivity contribution in [3.05, 3.63) is 58.3 Å². The average Bonchev–Trinajstić information content (AvgIpc) is 2.49. The van der Waals surface area contributed by atoms with Crippen LogP contribution >= 0.6 is 15.9 Å². The molecule has 0 aromatic heterocycles. The number of benzene rings is 2. The molecule has 2 rings (SSSR count). The molecule has 2 aromatic carbocycles. The van der Waals surface area contributed by atoms with Crippen LogP contribution in [0.15, 0.2) is 46.9 Å². The normalized spacial score (nSPS) is 10.0. The zero-order valence-electron chi connectivity index (χ0n) is 11.4. The minimum Gasteiger partial charge on any atom is -0.381 e. The highest BCUT2D eigenvalue weighted by molar-refractivity contribution is 9.10. The zero-order valence-corrected chi connectivity index (χ0v) is 13.0. The maximum absolute atomic E-state index is 13.2. The highest BCUT2D eigenvalue weighted by Crippen LogP contribution is 2.20. The molecule has 0 atom stereocenters. The van der Waals surface area contributed by atoms with Crippen molar-refractivity contribution >= 4 is 33.3 Å². The molecule has 0 fully saturated rings. The Morgan fingerprint density at radius 1 is 1.14 bits per heavy atom. The average molecular weight is 352 g/mol. The molecule has 3 N–H and O–H groups in total. The smallest absolute Gasteiger partial charge is 0.318 e. The van der Waals surface area contributed by atoms with Crippen LogP contribution in [-0.2, 0) is 6.54 Å². The highest BCUT2D eigenvalue weighted by Gasteiger charge is 2.02. The van der Waals surface area contributed by atoms with Crippen molar-refractivity contribution in [2.45, 2.75) is 6.54 Å². The topological polar surface area (TPSA) is 53.2 Å². The van der Waals surface area contributed by atoms with E-state index >= 15 is 0 Å². The molecule has 110 valence electrons. The fraction of sp³-hybridized carbons (Fsp3) is 0.133. The van der Waals surface area contributed by atoms with Gasteiger partial charge in [0.15, 0.2) is 0 Å². The van der Waals surface area contributed by atoms with Crippen LogP contribution < -0.4 is 16.0 Å². The Balaban J connectivity index is 1.97. The summed E-state index contributed by atoms with van der Waals surface area (Å²) in [4.78, 5) is 11.2. The monoisotopic (exact) mass is 351 g/mol. The standard InChI is InChI=1S/C15H15BrFN3O/c1-18-15(21)20-13-5-3-12(4-6-13)19-9-10-8-11(17)2-7-14(10)16/h2-8,19H,9H2,1H3,(H2,18,20,21). The van der Waals surface area contributed by atoms with Gasteiger partial charge in [-0.1, -0.05) is 15.9 Å². The summed E-state index contributed by atoms with van der Waals surface area (Å²) in [5, 5.41) is 8.35. The molecule has 21 heavy (non-hydrogen) atoms. The number of urea groups is 1. The molecular weight excluding hydrogens is 337 g/mol. The second-order valence-corrected chi connectivity index (χ2v) is 5.23. The van der Waals surface area contributed by atoms with E-state index in [0.717, 1.165) is 15.7 Å². The lowest BCUT2D eigenvalue weighted by Gasteiger charge is -2.10. The fourth-order valence-corrected chi connectivity index (χ4v) is 2.13. The lowest BCUT2D eigenvalue weighted by Crippen LogP contribution is -2.24. The number of hydrogen-bond acceptors (Lipinski definition) is 2. The Bertz CT molecular complexity index is 631. The maximum Gasteiger partial charge on any atom is 0.318 e. The zero-order chi connectivity index (χ0) is 15.2. The summed E-state index contributed by atoms with van der Waals surface area (Å²) in [5.74, 6) is -0.264. The van der Waals surface area contributed by atoms with Gasteiger partial charge in [0.2, 0.25) is 0 Å². The summed E-state index contributed by atoms with van der Waals surface area (Å²) in [6.45, 7) is 0.501. The van der Waals surface area contributed by atoms with Gasteiger partial charge in [0.25, 0.3) is 0 Å². The van der Waals surface area contributed by atoms with Crippen LogP contribution in [-0.4, -0.2) is 13.1 Å². The van der Waals surface area contributed by atoms with Crippen molar-refractivity contribution in [1.82, 2.24) is 5.32 Å². The number of nitrogens with one attached hydrogen (secondary N) is 3. The number of hydrogen-bond donors (Lipinski definition) is 3. The van der Waals surface area contributed by atoms with E-state index in [9.17, 15) is 9.18 Å². The van der Waals surface area contributed by atoms with Gasteiger partial charge in [0, 0.05) is 29.4 Å². The molecule has 0 aliphatic carbocycles. The van der Waals surface area contributed by atoms with E-state index in [1.54, 1.807) is 25.2 Å². The summed E-state index contributed by atoms with van der Waals surface area (Å²) in [6.07, 6.45) is 0. The first-order valence-electron chi connectivity index (χ1n) is 6.35. The molecule has 0 bridgehead atoms. The number of carbonyl (C=O) groups excluding carboxylic acids is 1. The number of halogens is 2.